The number of rotatable bonds is 4. The molecule has 2 aromatic rings. The summed E-state index contributed by atoms with van der Waals surface area (Å²) in [5.41, 5.74) is 7.68. The first-order chi connectivity index (χ1) is 10.2. The lowest BCUT2D eigenvalue weighted by Crippen LogP contribution is -2.27. The van der Waals surface area contributed by atoms with Crippen molar-refractivity contribution in [2.45, 2.75) is 25.9 Å². The third-order valence-corrected chi connectivity index (χ3v) is 4.38. The maximum Gasteiger partial charge on any atom is 0.226 e. The molecule has 112 valence electrons. The van der Waals surface area contributed by atoms with Crippen LogP contribution in [0.3, 0.4) is 0 Å². The van der Waals surface area contributed by atoms with Crippen molar-refractivity contribution in [3.05, 3.63) is 41.2 Å². The van der Waals surface area contributed by atoms with Crippen LogP contribution in [-0.4, -0.2) is 29.0 Å². The van der Waals surface area contributed by atoms with Crippen molar-refractivity contribution in [2.24, 2.45) is 11.7 Å². The molecular weight excluding hydrogens is 286 g/mol. The van der Waals surface area contributed by atoms with Gasteiger partial charge in [0.15, 0.2) is 0 Å². The quantitative estimate of drug-likeness (QED) is 0.942. The summed E-state index contributed by atoms with van der Waals surface area (Å²) in [6.45, 7) is 4.86. The Morgan fingerprint density at radius 2 is 2.14 bits per heavy atom. The number of hydrogen-bond acceptors (Lipinski definition) is 4. The van der Waals surface area contributed by atoms with Gasteiger partial charge in [-0.25, -0.2) is 4.98 Å². The molecule has 3 rings (SSSR count). The Balaban J connectivity index is 1.69. The van der Waals surface area contributed by atoms with Gasteiger partial charge in [-0.15, -0.1) is 0 Å². The second-order valence-corrected chi connectivity index (χ2v) is 6.20. The molecule has 1 aliphatic heterocycles. The van der Waals surface area contributed by atoms with Gasteiger partial charge >= 0.3 is 0 Å². The van der Waals surface area contributed by atoms with Crippen LogP contribution in [0.4, 0.5) is 0 Å². The van der Waals surface area contributed by atoms with E-state index in [0.29, 0.717) is 22.9 Å². The first-order valence-electron chi connectivity index (χ1n) is 7.30. The second-order valence-electron chi connectivity index (χ2n) is 5.77. The highest BCUT2D eigenvalue weighted by atomic mass is 35.5. The first-order valence-corrected chi connectivity index (χ1v) is 7.68. The highest BCUT2D eigenvalue weighted by Gasteiger charge is 2.28. The van der Waals surface area contributed by atoms with E-state index < -0.39 is 0 Å². The van der Waals surface area contributed by atoms with Gasteiger partial charge in [0, 0.05) is 29.7 Å². The minimum atomic E-state index is 0.550. The van der Waals surface area contributed by atoms with Crippen LogP contribution < -0.4 is 5.73 Å². The number of halogens is 1. The highest BCUT2D eigenvalue weighted by molar-refractivity contribution is 6.30. The van der Waals surface area contributed by atoms with Crippen LogP contribution in [0, 0.1) is 5.92 Å². The molecule has 2 N–H and O–H groups in total. The molecule has 0 spiro atoms. The van der Waals surface area contributed by atoms with Crippen molar-refractivity contribution in [1.29, 1.82) is 0 Å². The molecule has 1 aromatic heterocycles. The lowest BCUT2D eigenvalue weighted by molar-refractivity contribution is 0.252. The zero-order valence-corrected chi connectivity index (χ0v) is 12.9. The first kappa shape index (κ1) is 14.6. The van der Waals surface area contributed by atoms with E-state index in [1.807, 2.05) is 24.3 Å². The molecule has 0 radical (unpaired) electrons. The zero-order valence-electron chi connectivity index (χ0n) is 12.1. The minimum Gasteiger partial charge on any atom is -0.444 e. The van der Waals surface area contributed by atoms with Gasteiger partial charge in [-0.3, -0.25) is 4.90 Å². The maximum atomic E-state index is 5.89. The normalized spacial score (nSPS) is 22.8. The van der Waals surface area contributed by atoms with Crippen LogP contribution in [-0.2, 0) is 6.54 Å². The summed E-state index contributed by atoms with van der Waals surface area (Å²) in [6.07, 6.45) is 2.91. The number of aromatic nitrogens is 1. The largest absolute Gasteiger partial charge is 0.444 e. The summed E-state index contributed by atoms with van der Waals surface area (Å²) in [5, 5.41) is 0.712. The Morgan fingerprint density at radius 3 is 2.81 bits per heavy atom. The van der Waals surface area contributed by atoms with Crippen molar-refractivity contribution in [3.63, 3.8) is 0 Å². The van der Waals surface area contributed by atoms with Crippen LogP contribution in [0.15, 0.2) is 34.9 Å². The fraction of sp³-hybridized carbons (Fsp3) is 0.438. The molecule has 5 heteroatoms. The average molecular weight is 306 g/mol. The summed E-state index contributed by atoms with van der Waals surface area (Å²) in [5.74, 6) is 1.24. The Morgan fingerprint density at radius 1 is 1.38 bits per heavy atom. The number of nitrogens with zero attached hydrogens (tertiary/aromatic N) is 2. The Kier molecular flexibility index (Phi) is 4.29. The van der Waals surface area contributed by atoms with Crippen LogP contribution in [0.2, 0.25) is 5.02 Å². The van der Waals surface area contributed by atoms with Crippen molar-refractivity contribution < 1.29 is 4.42 Å². The maximum absolute atomic E-state index is 5.89. The number of benzene rings is 1. The van der Waals surface area contributed by atoms with Crippen LogP contribution in [0.25, 0.3) is 11.5 Å². The van der Waals surface area contributed by atoms with Crippen molar-refractivity contribution in [1.82, 2.24) is 9.88 Å². The molecular formula is C16H20ClN3O. The highest BCUT2D eigenvalue weighted by Crippen LogP contribution is 2.25. The van der Waals surface area contributed by atoms with Crippen LogP contribution in [0.1, 0.15) is 19.0 Å². The van der Waals surface area contributed by atoms with E-state index in [9.17, 15) is 0 Å². The predicted octanol–water partition coefficient (Wildman–Crippen LogP) is 3.16. The average Bonchev–Trinajstić information content (AvgIpc) is 3.08. The summed E-state index contributed by atoms with van der Waals surface area (Å²) in [6, 6.07) is 8.07. The van der Waals surface area contributed by atoms with E-state index in [4.69, 9.17) is 21.8 Å². The third-order valence-electron chi connectivity index (χ3n) is 4.13. The fourth-order valence-electron chi connectivity index (χ4n) is 2.92. The topological polar surface area (TPSA) is 55.3 Å². The third kappa shape index (κ3) is 3.28. The lowest BCUT2D eigenvalue weighted by Gasteiger charge is -2.19. The van der Waals surface area contributed by atoms with E-state index >= 15 is 0 Å². The molecule has 0 amide bonds. The standard InChI is InChI=1S/C16H20ClN3O/c1-11-6-12(7-18)8-20(11)9-15-10-21-16(19-15)13-2-4-14(17)5-3-13/h2-5,10-12H,6-9,18H2,1H3. The van der Waals surface area contributed by atoms with Gasteiger partial charge in [-0.2, -0.15) is 0 Å². The van der Waals surface area contributed by atoms with Gasteiger partial charge in [0.2, 0.25) is 5.89 Å². The molecule has 1 aliphatic rings. The Bertz CT molecular complexity index is 596. The molecule has 4 nitrogen and oxygen atoms in total. The smallest absolute Gasteiger partial charge is 0.226 e. The van der Waals surface area contributed by atoms with Gasteiger partial charge in [0.25, 0.3) is 0 Å². The predicted molar refractivity (Wildman–Crippen MR) is 84.0 cm³/mol. The summed E-state index contributed by atoms with van der Waals surface area (Å²) in [7, 11) is 0. The van der Waals surface area contributed by atoms with Gasteiger partial charge in [-0.05, 0) is 50.1 Å². The van der Waals surface area contributed by atoms with E-state index in [2.05, 4.69) is 16.8 Å². The molecule has 1 aromatic carbocycles. The summed E-state index contributed by atoms with van der Waals surface area (Å²) >= 11 is 5.89. The van der Waals surface area contributed by atoms with Gasteiger partial charge in [0.1, 0.15) is 6.26 Å². The molecule has 1 fully saturated rings. The number of hydrogen-bond donors (Lipinski definition) is 1. The van der Waals surface area contributed by atoms with Crippen molar-refractivity contribution >= 4 is 11.6 Å². The van der Waals surface area contributed by atoms with Crippen molar-refractivity contribution in [3.8, 4) is 11.5 Å². The molecule has 21 heavy (non-hydrogen) atoms. The molecule has 2 unspecified atom stereocenters. The van der Waals surface area contributed by atoms with E-state index in [1.54, 1.807) is 6.26 Å². The lowest BCUT2D eigenvalue weighted by atomic mass is 10.1. The van der Waals surface area contributed by atoms with Crippen molar-refractivity contribution in [2.75, 3.05) is 13.1 Å². The molecule has 2 heterocycles. The number of likely N-dealkylation sites (tertiary alicyclic amines) is 1. The molecule has 0 bridgehead atoms. The molecule has 1 saturated heterocycles. The van der Waals surface area contributed by atoms with Crippen LogP contribution in [0.5, 0.6) is 0 Å². The molecule has 0 aliphatic carbocycles. The number of nitrogens with two attached hydrogens (primary N) is 1. The fourth-order valence-corrected chi connectivity index (χ4v) is 3.05. The van der Waals surface area contributed by atoms with Gasteiger partial charge in [-0.1, -0.05) is 11.6 Å². The summed E-state index contributed by atoms with van der Waals surface area (Å²) < 4.78 is 5.58. The number of oxazole rings is 1. The van der Waals surface area contributed by atoms with E-state index in [0.717, 1.165) is 30.9 Å². The van der Waals surface area contributed by atoms with Crippen LogP contribution >= 0.6 is 11.6 Å². The Labute approximate surface area is 129 Å². The molecule has 2 atom stereocenters. The molecule has 0 saturated carbocycles. The van der Waals surface area contributed by atoms with E-state index in [1.165, 1.54) is 6.42 Å². The second kappa shape index (κ2) is 6.18. The minimum absolute atomic E-state index is 0.550. The zero-order chi connectivity index (χ0) is 14.8. The Hall–Kier alpha value is -1.36. The van der Waals surface area contributed by atoms with Gasteiger partial charge < -0.3 is 10.2 Å². The van der Waals surface area contributed by atoms with Gasteiger partial charge in [0.05, 0.1) is 5.69 Å². The summed E-state index contributed by atoms with van der Waals surface area (Å²) in [4.78, 5) is 6.99. The monoisotopic (exact) mass is 305 g/mol. The SMILES string of the molecule is CC1CC(CN)CN1Cc1coc(-c2ccc(Cl)cc2)n1. The van der Waals surface area contributed by atoms with E-state index in [-0.39, 0.29) is 0 Å².